The molecule has 4 nitrogen and oxygen atoms in total. The summed E-state index contributed by atoms with van der Waals surface area (Å²) in [6.45, 7) is 2.09. The molecule has 2 heterocycles. The molecular formula is C29H25FN4. The Kier molecular flexibility index (Phi) is 4.82. The molecule has 168 valence electrons. The van der Waals surface area contributed by atoms with Crippen LogP contribution in [0.4, 0.5) is 4.39 Å². The maximum Gasteiger partial charge on any atom is 0.164 e. The van der Waals surface area contributed by atoms with Crippen LogP contribution in [-0.2, 0) is 5.54 Å². The number of nitrogens with two attached hydrogens (primary N) is 1. The highest BCUT2D eigenvalue weighted by Crippen LogP contribution is 2.40. The standard InChI is InChI=1S/C29H25FN4/c1-19-24-18-32-27(23-10-5-6-11-25(23)30)33-28(24)34(26(19)20-8-3-2-4-9-20)22-14-12-21(13-15-22)29(31)16-7-17-29/h2-6,8-15,18H,7,16-17,31H2,1H3. The van der Waals surface area contributed by atoms with Crippen LogP contribution in [0.2, 0.25) is 0 Å². The number of hydrogen-bond donors (Lipinski definition) is 1. The second-order valence-corrected chi connectivity index (χ2v) is 9.14. The number of hydrogen-bond acceptors (Lipinski definition) is 3. The zero-order chi connectivity index (χ0) is 23.3. The van der Waals surface area contributed by atoms with Gasteiger partial charge in [-0.1, -0.05) is 54.6 Å². The van der Waals surface area contributed by atoms with Gasteiger partial charge in [0.25, 0.3) is 0 Å². The second-order valence-electron chi connectivity index (χ2n) is 9.14. The van der Waals surface area contributed by atoms with E-state index in [-0.39, 0.29) is 11.4 Å². The van der Waals surface area contributed by atoms with Crippen LogP contribution in [0.15, 0.2) is 85.1 Å². The van der Waals surface area contributed by atoms with Crippen molar-refractivity contribution in [3.8, 4) is 28.3 Å². The van der Waals surface area contributed by atoms with Crippen molar-refractivity contribution >= 4 is 11.0 Å². The van der Waals surface area contributed by atoms with Crippen LogP contribution in [0.3, 0.4) is 0 Å². The maximum atomic E-state index is 14.5. The largest absolute Gasteiger partial charge is 0.321 e. The minimum atomic E-state index is -0.335. The molecular weight excluding hydrogens is 423 g/mol. The number of rotatable bonds is 4. The maximum absolute atomic E-state index is 14.5. The molecule has 0 radical (unpaired) electrons. The summed E-state index contributed by atoms with van der Waals surface area (Å²) < 4.78 is 16.7. The quantitative estimate of drug-likeness (QED) is 0.340. The smallest absolute Gasteiger partial charge is 0.164 e. The minimum Gasteiger partial charge on any atom is -0.321 e. The summed E-state index contributed by atoms with van der Waals surface area (Å²) in [7, 11) is 0. The van der Waals surface area contributed by atoms with E-state index in [0.29, 0.717) is 11.4 Å². The molecule has 3 aromatic carbocycles. The van der Waals surface area contributed by atoms with E-state index in [1.54, 1.807) is 24.4 Å². The van der Waals surface area contributed by atoms with Crippen LogP contribution < -0.4 is 5.73 Å². The number of aryl methyl sites for hydroxylation is 1. The SMILES string of the molecule is Cc1c(-c2ccccc2)n(-c2ccc(C3(N)CCC3)cc2)c2nc(-c3ccccc3F)ncc12. The van der Waals surface area contributed by atoms with Gasteiger partial charge in [-0.15, -0.1) is 0 Å². The first-order chi connectivity index (χ1) is 16.5. The summed E-state index contributed by atoms with van der Waals surface area (Å²) >= 11 is 0. The van der Waals surface area contributed by atoms with E-state index in [9.17, 15) is 4.39 Å². The Labute approximate surface area is 197 Å². The monoisotopic (exact) mass is 448 g/mol. The van der Waals surface area contributed by atoms with E-state index in [1.165, 1.54) is 18.1 Å². The molecule has 1 aliphatic rings. The van der Waals surface area contributed by atoms with Crippen LogP contribution in [0.1, 0.15) is 30.4 Å². The third-order valence-corrected chi connectivity index (χ3v) is 7.07. The second kappa shape index (κ2) is 7.89. The molecule has 1 saturated carbocycles. The zero-order valence-electron chi connectivity index (χ0n) is 19.0. The third-order valence-electron chi connectivity index (χ3n) is 7.07. The Morgan fingerprint density at radius 2 is 1.62 bits per heavy atom. The van der Waals surface area contributed by atoms with Gasteiger partial charge < -0.3 is 5.73 Å². The van der Waals surface area contributed by atoms with Crippen molar-refractivity contribution in [2.24, 2.45) is 5.73 Å². The molecule has 1 aliphatic carbocycles. The lowest BCUT2D eigenvalue weighted by atomic mass is 9.73. The minimum absolute atomic E-state index is 0.213. The molecule has 0 unspecified atom stereocenters. The molecule has 1 fully saturated rings. The van der Waals surface area contributed by atoms with E-state index in [2.05, 4.69) is 52.9 Å². The lowest BCUT2D eigenvalue weighted by Crippen LogP contribution is -2.43. The van der Waals surface area contributed by atoms with Crippen molar-refractivity contribution in [1.29, 1.82) is 0 Å². The Morgan fingerprint density at radius 1 is 0.912 bits per heavy atom. The predicted octanol–water partition coefficient (Wildman–Crippen LogP) is 6.54. The molecule has 5 aromatic rings. The first-order valence-electron chi connectivity index (χ1n) is 11.6. The van der Waals surface area contributed by atoms with Crippen molar-refractivity contribution < 1.29 is 4.39 Å². The molecule has 0 aliphatic heterocycles. The number of aromatic nitrogens is 3. The van der Waals surface area contributed by atoms with Gasteiger partial charge in [-0.25, -0.2) is 14.4 Å². The van der Waals surface area contributed by atoms with Gasteiger partial charge in [-0.2, -0.15) is 0 Å². The van der Waals surface area contributed by atoms with E-state index >= 15 is 0 Å². The fourth-order valence-electron chi connectivity index (χ4n) is 4.96. The number of benzene rings is 3. The number of fused-ring (bicyclic) bond motifs is 1. The molecule has 2 N–H and O–H groups in total. The molecule has 5 heteroatoms. The molecule has 0 amide bonds. The fourth-order valence-corrected chi connectivity index (χ4v) is 4.96. The van der Waals surface area contributed by atoms with Crippen LogP contribution in [0, 0.1) is 12.7 Å². The highest BCUT2D eigenvalue weighted by molar-refractivity contribution is 5.91. The van der Waals surface area contributed by atoms with E-state index in [4.69, 9.17) is 10.7 Å². The lowest BCUT2D eigenvalue weighted by molar-refractivity contribution is 0.253. The zero-order valence-corrected chi connectivity index (χ0v) is 19.0. The van der Waals surface area contributed by atoms with Gasteiger partial charge in [0.05, 0.1) is 11.3 Å². The van der Waals surface area contributed by atoms with Crippen molar-refractivity contribution in [3.05, 3.63) is 102 Å². The van der Waals surface area contributed by atoms with Gasteiger partial charge in [0.2, 0.25) is 0 Å². The van der Waals surface area contributed by atoms with Crippen molar-refractivity contribution in [2.45, 2.75) is 31.7 Å². The highest BCUT2D eigenvalue weighted by Gasteiger charge is 2.34. The van der Waals surface area contributed by atoms with Gasteiger partial charge >= 0.3 is 0 Å². The van der Waals surface area contributed by atoms with Crippen molar-refractivity contribution in [3.63, 3.8) is 0 Å². The van der Waals surface area contributed by atoms with Crippen molar-refractivity contribution in [1.82, 2.24) is 14.5 Å². The normalized spacial score (nSPS) is 14.8. The summed E-state index contributed by atoms with van der Waals surface area (Å²) in [6, 6.07) is 25.4. The van der Waals surface area contributed by atoms with E-state index in [0.717, 1.165) is 46.4 Å². The Morgan fingerprint density at radius 3 is 2.29 bits per heavy atom. The fraction of sp³-hybridized carbons (Fsp3) is 0.172. The van der Waals surface area contributed by atoms with Gasteiger partial charge in [-0.3, -0.25) is 4.57 Å². The molecule has 0 spiro atoms. The van der Waals surface area contributed by atoms with Gasteiger partial charge in [-0.05, 0) is 67.1 Å². The summed E-state index contributed by atoms with van der Waals surface area (Å²) in [5, 5.41) is 0.942. The van der Waals surface area contributed by atoms with Crippen LogP contribution >= 0.6 is 0 Å². The van der Waals surface area contributed by atoms with Crippen LogP contribution in [-0.4, -0.2) is 14.5 Å². The van der Waals surface area contributed by atoms with Gasteiger partial charge in [0, 0.05) is 22.8 Å². The molecule has 6 rings (SSSR count). The average molecular weight is 449 g/mol. The summed E-state index contributed by atoms with van der Waals surface area (Å²) in [4.78, 5) is 9.40. The first kappa shape index (κ1) is 20.8. The summed E-state index contributed by atoms with van der Waals surface area (Å²) in [5.74, 6) is 0.0361. The molecule has 34 heavy (non-hydrogen) atoms. The molecule has 0 bridgehead atoms. The van der Waals surface area contributed by atoms with Gasteiger partial charge in [0.1, 0.15) is 11.5 Å². The number of nitrogens with zero attached hydrogens (tertiary/aromatic N) is 3. The Balaban J connectivity index is 1.60. The number of halogens is 1. The van der Waals surface area contributed by atoms with E-state index in [1.807, 2.05) is 18.2 Å². The highest BCUT2D eigenvalue weighted by atomic mass is 19.1. The third kappa shape index (κ3) is 3.24. The van der Waals surface area contributed by atoms with Crippen LogP contribution in [0.25, 0.3) is 39.4 Å². The molecule has 2 aromatic heterocycles. The van der Waals surface area contributed by atoms with Crippen LogP contribution in [0.5, 0.6) is 0 Å². The topological polar surface area (TPSA) is 56.7 Å². The van der Waals surface area contributed by atoms with E-state index < -0.39 is 0 Å². The van der Waals surface area contributed by atoms with Gasteiger partial charge in [0.15, 0.2) is 5.82 Å². The summed E-state index contributed by atoms with van der Waals surface area (Å²) in [5.41, 5.74) is 12.9. The predicted molar refractivity (Wildman–Crippen MR) is 134 cm³/mol. The van der Waals surface area contributed by atoms with Crippen molar-refractivity contribution in [2.75, 3.05) is 0 Å². The Hall–Kier alpha value is -3.83. The average Bonchev–Trinajstić information content (AvgIpc) is 3.15. The Bertz CT molecular complexity index is 1500. The molecule has 0 atom stereocenters. The summed E-state index contributed by atoms with van der Waals surface area (Å²) in [6.07, 6.45) is 5.02. The first-order valence-corrected chi connectivity index (χ1v) is 11.6. The lowest BCUT2D eigenvalue weighted by Gasteiger charge is -2.38. The molecule has 0 saturated heterocycles.